The second-order valence-corrected chi connectivity index (χ2v) is 6.20. The lowest BCUT2D eigenvalue weighted by Gasteiger charge is -2.16. The predicted octanol–water partition coefficient (Wildman–Crippen LogP) is 5.17. The minimum atomic E-state index is -4.76. The monoisotopic (exact) mass is 410 g/mol. The molecule has 0 bridgehead atoms. The van der Waals surface area contributed by atoms with E-state index in [1.807, 2.05) is 6.07 Å². The molecule has 0 fully saturated rings. The SMILES string of the molecule is N#Cc1n[nH]nc1-c1cccc(CCc2cc(C(F)(F)F)ccc2C(F)(F)F)c1. The molecule has 0 radical (unpaired) electrons. The van der Waals surface area contributed by atoms with Gasteiger partial charge in [-0.2, -0.15) is 41.9 Å². The molecule has 10 heteroatoms. The van der Waals surface area contributed by atoms with Crippen LogP contribution >= 0.6 is 0 Å². The summed E-state index contributed by atoms with van der Waals surface area (Å²) in [7, 11) is 0. The zero-order valence-electron chi connectivity index (χ0n) is 14.6. The van der Waals surface area contributed by atoms with Gasteiger partial charge in [-0.15, -0.1) is 5.10 Å². The Morgan fingerprint density at radius 3 is 2.31 bits per heavy atom. The summed E-state index contributed by atoms with van der Waals surface area (Å²) in [6.07, 6.45) is -9.67. The van der Waals surface area contributed by atoms with Crippen LogP contribution in [0.3, 0.4) is 0 Å². The smallest absolute Gasteiger partial charge is 0.196 e. The van der Waals surface area contributed by atoms with Crippen molar-refractivity contribution >= 4 is 0 Å². The number of aryl methyl sites for hydroxylation is 2. The van der Waals surface area contributed by atoms with Crippen molar-refractivity contribution in [1.29, 1.82) is 5.26 Å². The Hall–Kier alpha value is -3.35. The van der Waals surface area contributed by atoms with Crippen LogP contribution in [-0.4, -0.2) is 15.4 Å². The summed E-state index contributed by atoms with van der Waals surface area (Å²) < 4.78 is 78.4. The minimum absolute atomic E-state index is 0.0550. The van der Waals surface area contributed by atoms with Crippen molar-refractivity contribution < 1.29 is 26.3 Å². The lowest BCUT2D eigenvalue weighted by Crippen LogP contribution is -2.13. The molecule has 0 spiro atoms. The molecule has 0 aliphatic heterocycles. The van der Waals surface area contributed by atoms with Crippen LogP contribution in [0.1, 0.15) is 27.9 Å². The van der Waals surface area contributed by atoms with Gasteiger partial charge in [0.1, 0.15) is 11.8 Å². The number of aromatic amines is 1. The molecule has 29 heavy (non-hydrogen) atoms. The van der Waals surface area contributed by atoms with Gasteiger partial charge in [0.25, 0.3) is 0 Å². The molecule has 3 rings (SSSR count). The van der Waals surface area contributed by atoms with E-state index in [4.69, 9.17) is 5.26 Å². The molecule has 1 heterocycles. The first-order valence-corrected chi connectivity index (χ1v) is 8.27. The highest BCUT2D eigenvalue weighted by molar-refractivity contribution is 5.64. The Bertz CT molecular complexity index is 1060. The summed E-state index contributed by atoms with van der Waals surface area (Å²) in [5.74, 6) is 0. The number of H-pyrrole nitrogens is 1. The highest BCUT2D eigenvalue weighted by Gasteiger charge is 2.36. The van der Waals surface area contributed by atoms with Gasteiger partial charge in [0.05, 0.1) is 11.1 Å². The van der Waals surface area contributed by atoms with Gasteiger partial charge in [0.15, 0.2) is 5.69 Å². The lowest BCUT2D eigenvalue weighted by molar-refractivity contribution is -0.141. The highest BCUT2D eigenvalue weighted by Crippen LogP contribution is 2.37. The van der Waals surface area contributed by atoms with Crippen LogP contribution in [0.2, 0.25) is 0 Å². The third-order valence-corrected chi connectivity index (χ3v) is 4.28. The van der Waals surface area contributed by atoms with Crippen LogP contribution in [0, 0.1) is 11.3 Å². The predicted molar refractivity (Wildman–Crippen MR) is 90.4 cm³/mol. The third-order valence-electron chi connectivity index (χ3n) is 4.28. The van der Waals surface area contributed by atoms with Gasteiger partial charge in [-0.25, -0.2) is 0 Å². The summed E-state index contributed by atoms with van der Waals surface area (Å²) in [4.78, 5) is 0. The molecule has 3 aromatic rings. The summed E-state index contributed by atoms with van der Waals surface area (Å²) in [5, 5.41) is 18.9. The molecule has 1 N–H and O–H groups in total. The zero-order chi connectivity index (χ0) is 21.2. The molecular weight excluding hydrogens is 398 g/mol. The van der Waals surface area contributed by atoms with E-state index in [-0.39, 0.29) is 24.2 Å². The fourth-order valence-corrected chi connectivity index (χ4v) is 2.92. The number of benzene rings is 2. The largest absolute Gasteiger partial charge is 0.416 e. The van der Waals surface area contributed by atoms with Gasteiger partial charge in [0.2, 0.25) is 0 Å². The van der Waals surface area contributed by atoms with Crippen LogP contribution < -0.4 is 0 Å². The first-order valence-electron chi connectivity index (χ1n) is 8.27. The number of aromatic nitrogens is 3. The Kier molecular flexibility index (Phi) is 5.33. The van der Waals surface area contributed by atoms with Gasteiger partial charge in [-0.3, -0.25) is 0 Å². The maximum absolute atomic E-state index is 13.2. The first-order chi connectivity index (χ1) is 13.6. The zero-order valence-corrected chi connectivity index (χ0v) is 14.6. The number of nitriles is 1. The standard InChI is InChI=1S/C19H12F6N4/c20-18(21,22)14-6-7-15(19(23,24)25)12(9-14)5-4-11-2-1-3-13(8-11)17-16(10-26)27-29-28-17/h1-3,6-9H,4-5H2,(H,27,28,29). The third kappa shape index (κ3) is 4.56. The summed E-state index contributed by atoms with van der Waals surface area (Å²) in [5.41, 5.74) is -1.21. The number of hydrogen-bond donors (Lipinski definition) is 1. The molecule has 150 valence electrons. The molecule has 0 aliphatic carbocycles. The van der Waals surface area contributed by atoms with E-state index in [1.165, 1.54) is 0 Å². The van der Waals surface area contributed by atoms with E-state index in [1.54, 1.807) is 24.3 Å². The van der Waals surface area contributed by atoms with Crippen molar-refractivity contribution in [3.05, 3.63) is 70.4 Å². The van der Waals surface area contributed by atoms with Crippen LogP contribution in [0.25, 0.3) is 11.3 Å². The van der Waals surface area contributed by atoms with Crippen molar-refractivity contribution in [3.63, 3.8) is 0 Å². The topological polar surface area (TPSA) is 65.4 Å². The molecule has 1 aromatic heterocycles. The van der Waals surface area contributed by atoms with Crippen LogP contribution in [0.15, 0.2) is 42.5 Å². The van der Waals surface area contributed by atoms with Crippen LogP contribution in [-0.2, 0) is 25.2 Å². The van der Waals surface area contributed by atoms with Gasteiger partial charge in [-0.05, 0) is 48.2 Å². The molecule has 2 aromatic carbocycles. The quantitative estimate of drug-likeness (QED) is 0.604. The molecular formula is C19H12F6N4. The normalized spacial score (nSPS) is 12.0. The Balaban J connectivity index is 1.90. The van der Waals surface area contributed by atoms with E-state index < -0.39 is 29.0 Å². The summed E-state index contributed by atoms with van der Waals surface area (Å²) in [6, 6.07) is 9.81. The van der Waals surface area contributed by atoms with E-state index in [9.17, 15) is 26.3 Å². The molecule has 4 nitrogen and oxygen atoms in total. The number of hydrogen-bond acceptors (Lipinski definition) is 3. The maximum Gasteiger partial charge on any atom is 0.416 e. The lowest BCUT2D eigenvalue weighted by atomic mass is 9.96. The van der Waals surface area contributed by atoms with Crippen molar-refractivity contribution in [2.75, 3.05) is 0 Å². The average Bonchev–Trinajstić information content (AvgIpc) is 3.14. The van der Waals surface area contributed by atoms with E-state index in [0.717, 1.165) is 0 Å². The Morgan fingerprint density at radius 2 is 1.66 bits per heavy atom. The summed E-state index contributed by atoms with van der Waals surface area (Å²) >= 11 is 0. The Morgan fingerprint density at radius 1 is 0.897 bits per heavy atom. The average molecular weight is 410 g/mol. The fraction of sp³-hybridized carbons (Fsp3) is 0.211. The van der Waals surface area contributed by atoms with Crippen molar-refractivity contribution in [2.24, 2.45) is 0 Å². The van der Waals surface area contributed by atoms with Gasteiger partial charge >= 0.3 is 12.4 Å². The van der Waals surface area contributed by atoms with Gasteiger partial charge in [0, 0.05) is 5.56 Å². The van der Waals surface area contributed by atoms with E-state index in [2.05, 4.69) is 15.4 Å². The summed E-state index contributed by atoms with van der Waals surface area (Å²) in [6.45, 7) is 0. The molecule has 0 unspecified atom stereocenters. The minimum Gasteiger partial charge on any atom is -0.196 e. The number of nitrogens with one attached hydrogen (secondary N) is 1. The number of nitrogens with zero attached hydrogens (tertiary/aromatic N) is 3. The number of halogens is 6. The van der Waals surface area contributed by atoms with Crippen LogP contribution in [0.4, 0.5) is 26.3 Å². The van der Waals surface area contributed by atoms with Crippen molar-refractivity contribution in [1.82, 2.24) is 15.4 Å². The number of rotatable bonds is 4. The highest BCUT2D eigenvalue weighted by atomic mass is 19.4. The van der Waals surface area contributed by atoms with E-state index in [0.29, 0.717) is 29.3 Å². The van der Waals surface area contributed by atoms with Crippen LogP contribution in [0.5, 0.6) is 0 Å². The maximum atomic E-state index is 13.2. The van der Waals surface area contributed by atoms with Gasteiger partial charge < -0.3 is 0 Å². The molecule has 0 atom stereocenters. The second kappa shape index (κ2) is 7.58. The fourth-order valence-electron chi connectivity index (χ4n) is 2.92. The van der Waals surface area contributed by atoms with Gasteiger partial charge in [-0.1, -0.05) is 18.2 Å². The molecule has 0 amide bonds. The van der Waals surface area contributed by atoms with E-state index >= 15 is 0 Å². The first kappa shape index (κ1) is 20.4. The Labute approximate surface area is 160 Å². The molecule has 0 aliphatic rings. The number of alkyl halides is 6. The van der Waals surface area contributed by atoms with Crippen molar-refractivity contribution in [3.8, 4) is 17.3 Å². The molecule has 0 saturated carbocycles. The molecule has 0 saturated heterocycles. The van der Waals surface area contributed by atoms with Crippen molar-refractivity contribution in [2.45, 2.75) is 25.2 Å². The second-order valence-electron chi connectivity index (χ2n) is 6.20.